The van der Waals surface area contributed by atoms with Gasteiger partial charge in [0.05, 0.1) is 16.3 Å². The number of sulfone groups is 1. The predicted molar refractivity (Wildman–Crippen MR) is 93.1 cm³/mol. The van der Waals surface area contributed by atoms with Crippen LogP contribution < -0.4 is 5.69 Å². The van der Waals surface area contributed by atoms with Crippen molar-refractivity contribution in [3.63, 3.8) is 0 Å². The van der Waals surface area contributed by atoms with E-state index in [0.717, 1.165) is 40.1 Å². The average molecular weight is 413 g/mol. The normalized spacial score (nSPS) is 12.3. The molecule has 0 aliphatic rings. The number of aromatic nitrogens is 3. The quantitative estimate of drug-likeness (QED) is 0.684. The largest absolute Gasteiger partial charge is 0.501 e. The molecule has 0 aliphatic carbocycles. The lowest BCUT2D eigenvalue weighted by Gasteiger charge is -2.09. The summed E-state index contributed by atoms with van der Waals surface area (Å²) in [6.45, 7) is 1.79. The zero-order valence-corrected chi connectivity index (χ0v) is 15.2. The van der Waals surface area contributed by atoms with Crippen LogP contribution in [0.5, 0.6) is 5.88 Å². The monoisotopic (exact) mass is 413 g/mol. The van der Waals surface area contributed by atoms with Crippen molar-refractivity contribution in [3.05, 3.63) is 70.0 Å². The second-order valence-corrected chi connectivity index (χ2v) is 7.93. The minimum atomic E-state index is -5.50. The summed E-state index contributed by atoms with van der Waals surface area (Å²) in [5.74, 6) is -0.425. The van der Waals surface area contributed by atoms with Gasteiger partial charge in [-0.05, 0) is 48.9 Å². The molecule has 2 N–H and O–H groups in total. The molecule has 0 bridgehead atoms. The van der Waals surface area contributed by atoms with Crippen LogP contribution in [0.15, 0.2) is 52.3 Å². The molecule has 0 atom stereocenters. The van der Waals surface area contributed by atoms with Crippen LogP contribution in [-0.4, -0.2) is 33.6 Å². The Hall–Kier alpha value is -3.08. The number of hydrogen-bond donors (Lipinski definition) is 2. The lowest BCUT2D eigenvalue weighted by Crippen LogP contribution is -2.23. The van der Waals surface area contributed by atoms with Crippen LogP contribution in [0, 0.1) is 6.92 Å². The molecule has 0 saturated heterocycles. The third-order valence-electron chi connectivity index (χ3n) is 3.99. The second-order valence-electron chi connectivity index (χ2n) is 5.99. The highest BCUT2D eigenvalue weighted by atomic mass is 32.2. The number of rotatable bonds is 4. The summed E-state index contributed by atoms with van der Waals surface area (Å²) in [4.78, 5) is 17.8. The van der Waals surface area contributed by atoms with Gasteiger partial charge in [0.15, 0.2) is 0 Å². The molecule has 2 aromatic heterocycles. The maximum absolute atomic E-state index is 12.6. The van der Waals surface area contributed by atoms with E-state index in [-0.39, 0.29) is 17.8 Å². The molecule has 0 amide bonds. The standard InChI is InChI=1S/C17H14F3N3O4S/c1-10-8-11(6-7-21-10)9-14-15(24)23(16(25)22-14)12-2-4-13(5-3-12)28(26,27)17(18,19)20/h2-8,24H,9H2,1H3,(H,22,25). The number of alkyl halides is 3. The average Bonchev–Trinajstić information content (AvgIpc) is 2.87. The highest BCUT2D eigenvalue weighted by molar-refractivity contribution is 7.92. The Balaban J connectivity index is 1.97. The van der Waals surface area contributed by atoms with Crippen LogP contribution in [0.4, 0.5) is 13.2 Å². The number of hydrogen-bond acceptors (Lipinski definition) is 5. The van der Waals surface area contributed by atoms with Crippen LogP contribution in [0.25, 0.3) is 5.69 Å². The Kier molecular flexibility index (Phi) is 4.79. The Morgan fingerprint density at radius 3 is 2.39 bits per heavy atom. The number of aryl methyl sites for hydroxylation is 1. The molecule has 11 heteroatoms. The first-order valence-corrected chi connectivity index (χ1v) is 9.35. The van der Waals surface area contributed by atoms with Gasteiger partial charge in [0.2, 0.25) is 5.88 Å². The van der Waals surface area contributed by atoms with Gasteiger partial charge in [-0.3, -0.25) is 4.98 Å². The van der Waals surface area contributed by atoms with E-state index in [0.29, 0.717) is 0 Å². The smallest absolute Gasteiger partial charge is 0.493 e. The first-order chi connectivity index (χ1) is 13.0. The van der Waals surface area contributed by atoms with E-state index < -0.39 is 31.8 Å². The molecular formula is C17H14F3N3O4S. The number of halogens is 3. The molecule has 0 unspecified atom stereocenters. The SMILES string of the molecule is Cc1cc(Cc2[nH]c(=O)n(-c3ccc(S(=O)(=O)C(F)(F)F)cc3)c2O)ccn1. The maximum Gasteiger partial charge on any atom is 0.501 e. The van der Waals surface area contributed by atoms with E-state index >= 15 is 0 Å². The van der Waals surface area contributed by atoms with E-state index in [1.807, 2.05) is 0 Å². The lowest BCUT2D eigenvalue weighted by atomic mass is 10.1. The zero-order valence-electron chi connectivity index (χ0n) is 14.4. The van der Waals surface area contributed by atoms with Crippen LogP contribution in [0.2, 0.25) is 0 Å². The van der Waals surface area contributed by atoms with Gasteiger partial charge in [-0.1, -0.05) is 0 Å². The Bertz CT molecular complexity index is 1180. The minimum absolute atomic E-state index is 0.0111. The molecule has 3 rings (SSSR count). The molecular weight excluding hydrogens is 399 g/mol. The van der Waals surface area contributed by atoms with Crippen LogP contribution in [-0.2, 0) is 16.3 Å². The van der Waals surface area contributed by atoms with Gasteiger partial charge in [-0.25, -0.2) is 17.8 Å². The van der Waals surface area contributed by atoms with Gasteiger partial charge in [0.1, 0.15) is 0 Å². The number of benzene rings is 1. The Labute approximate surface area is 157 Å². The first-order valence-electron chi connectivity index (χ1n) is 7.87. The second kappa shape index (κ2) is 6.82. The molecule has 0 aliphatic heterocycles. The van der Waals surface area contributed by atoms with Gasteiger partial charge >= 0.3 is 11.2 Å². The van der Waals surface area contributed by atoms with Gasteiger partial charge in [0, 0.05) is 18.3 Å². The van der Waals surface area contributed by atoms with Crippen LogP contribution in [0.1, 0.15) is 17.0 Å². The molecule has 0 saturated carbocycles. The van der Waals surface area contributed by atoms with Crippen molar-refractivity contribution < 1.29 is 26.7 Å². The number of imidazole rings is 1. The van der Waals surface area contributed by atoms with Crippen molar-refractivity contribution in [3.8, 4) is 11.6 Å². The molecule has 7 nitrogen and oxygen atoms in total. The number of aromatic amines is 1. The van der Waals surface area contributed by atoms with Gasteiger partial charge < -0.3 is 10.1 Å². The van der Waals surface area contributed by atoms with E-state index in [2.05, 4.69) is 9.97 Å². The highest BCUT2D eigenvalue weighted by Gasteiger charge is 2.46. The highest BCUT2D eigenvalue weighted by Crippen LogP contribution is 2.31. The molecule has 28 heavy (non-hydrogen) atoms. The molecule has 1 aromatic carbocycles. The summed E-state index contributed by atoms with van der Waals surface area (Å²) in [6.07, 6.45) is 1.77. The van der Waals surface area contributed by atoms with E-state index in [9.17, 15) is 31.5 Å². The number of aromatic hydroxyl groups is 1. The fourth-order valence-corrected chi connectivity index (χ4v) is 3.42. The Morgan fingerprint density at radius 1 is 1.18 bits per heavy atom. The van der Waals surface area contributed by atoms with Crippen molar-refractivity contribution in [2.24, 2.45) is 0 Å². The van der Waals surface area contributed by atoms with Gasteiger partial charge in [-0.15, -0.1) is 0 Å². The third kappa shape index (κ3) is 3.52. The minimum Gasteiger partial charge on any atom is -0.493 e. The van der Waals surface area contributed by atoms with Crippen LogP contribution >= 0.6 is 0 Å². The van der Waals surface area contributed by atoms with Gasteiger partial charge in [-0.2, -0.15) is 13.2 Å². The summed E-state index contributed by atoms with van der Waals surface area (Å²) in [5, 5.41) is 10.4. The van der Waals surface area contributed by atoms with Crippen LogP contribution in [0.3, 0.4) is 0 Å². The lowest BCUT2D eigenvalue weighted by molar-refractivity contribution is -0.0436. The molecule has 3 aromatic rings. The van der Waals surface area contributed by atoms with Gasteiger partial charge in [0.25, 0.3) is 9.84 Å². The predicted octanol–water partition coefficient (Wildman–Crippen LogP) is 2.46. The number of pyridine rings is 1. The number of nitrogens with one attached hydrogen (secondary N) is 1. The maximum atomic E-state index is 12.6. The van der Waals surface area contributed by atoms with E-state index in [1.165, 1.54) is 0 Å². The van der Waals surface area contributed by atoms with E-state index in [4.69, 9.17) is 0 Å². The Morgan fingerprint density at radius 2 is 1.82 bits per heavy atom. The summed E-state index contributed by atoms with van der Waals surface area (Å²) in [5.41, 5.74) is -4.41. The molecule has 0 fully saturated rings. The molecule has 0 spiro atoms. The molecule has 0 radical (unpaired) electrons. The third-order valence-corrected chi connectivity index (χ3v) is 5.50. The molecule has 148 valence electrons. The van der Waals surface area contributed by atoms with Crippen molar-refractivity contribution in [1.82, 2.24) is 14.5 Å². The zero-order chi connectivity index (χ0) is 20.7. The topological polar surface area (TPSA) is 105 Å². The number of H-pyrrole nitrogens is 1. The number of nitrogens with zero attached hydrogens (tertiary/aromatic N) is 2. The summed E-state index contributed by atoms with van der Waals surface area (Å²) in [7, 11) is -5.50. The fourth-order valence-electron chi connectivity index (χ4n) is 2.66. The first kappa shape index (κ1) is 19.7. The summed E-state index contributed by atoms with van der Waals surface area (Å²) < 4.78 is 61.5. The summed E-state index contributed by atoms with van der Waals surface area (Å²) >= 11 is 0. The van der Waals surface area contributed by atoms with Crippen molar-refractivity contribution in [1.29, 1.82) is 0 Å². The fraction of sp³-hybridized carbons (Fsp3) is 0.176. The summed E-state index contributed by atoms with van der Waals surface area (Å²) in [6, 6.07) is 6.94. The molecule has 2 heterocycles. The van der Waals surface area contributed by atoms with Crippen molar-refractivity contribution in [2.45, 2.75) is 23.7 Å². The van der Waals surface area contributed by atoms with Crippen molar-refractivity contribution in [2.75, 3.05) is 0 Å². The van der Waals surface area contributed by atoms with Crippen molar-refractivity contribution >= 4 is 9.84 Å². The van der Waals surface area contributed by atoms with E-state index in [1.54, 1.807) is 25.3 Å².